The van der Waals surface area contributed by atoms with Crippen LogP contribution in [0, 0.1) is 0 Å². The first-order chi connectivity index (χ1) is 9.22. The molecule has 1 rings (SSSR count). The molecule has 0 aliphatic carbocycles. The van der Waals surface area contributed by atoms with E-state index >= 15 is 0 Å². The normalized spacial score (nSPS) is 16.6. The third-order valence-electron chi connectivity index (χ3n) is 3.54. The average Bonchev–Trinajstić information content (AvgIpc) is 2.43. The molecule has 2 atom stereocenters. The molecule has 0 saturated carbocycles. The third-order valence-corrected chi connectivity index (χ3v) is 4.67. The van der Waals surface area contributed by atoms with Crippen molar-refractivity contribution in [2.45, 2.75) is 36.8 Å². The van der Waals surface area contributed by atoms with E-state index in [0.29, 0.717) is 12.1 Å². The summed E-state index contributed by atoms with van der Waals surface area (Å²) in [4.78, 5) is 0.232. The minimum Gasteiger partial charge on any atom is -0.394 e. The Kier molecular flexibility index (Phi) is 5.70. The van der Waals surface area contributed by atoms with Gasteiger partial charge in [-0.2, -0.15) is 0 Å². The lowest BCUT2D eigenvalue weighted by Crippen LogP contribution is -2.46. The molecule has 6 heteroatoms. The summed E-state index contributed by atoms with van der Waals surface area (Å²) in [7, 11) is -3.22. The molecule has 5 nitrogen and oxygen atoms in total. The second-order valence-electron chi connectivity index (χ2n) is 5.31. The molecular weight excluding hydrogens is 278 g/mol. The number of hydrogen-bond donors (Lipinski definition) is 3. The smallest absolute Gasteiger partial charge is 0.175 e. The van der Waals surface area contributed by atoms with Gasteiger partial charge in [0.05, 0.1) is 17.6 Å². The van der Waals surface area contributed by atoms with Crippen LogP contribution < -0.4 is 5.32 Å². The van der Waals surface area contributed by atoms with E-state index < -0.39 is 21.5 Å². The minimum absolute atomic E-state index is 0.0107. The van der Waals surface area contributed by atoms with E-state index in [1.807, 2.05) is 13.8 Å². The van der Waals surface area contributed by atoms with Gasteiger partial charge in [0.2, 0.25) is 0 Å². The first-order valence-corrected chi connectivity index (χ1v) is 8.45. The molecule has 0 saturated heterocycles. The highest BCUT2D eigenvalue weighted by Gasteiger charge is 2.21. The van der Waals surface area contributed by atoms with E-state index in [2.05, 4.69) is 5.32 Å². The van der Waals surface area contributed by atoms with Crippen LogP contribution in [-0.2, 0) is 9.84 Å². The molecule has 0 heterocycles. The summed E-state index contributed by atoms with van der Waals surface area (Å²) in [6.07, 6.45) is 1.14. The molecule has 0 radical (unpaired) electrons. The summed E-state index contributed by atoms with van der Waals surface area (Å²) >= 11 is 0. The van der Waals surface area contributed by atoms with Crippen LogP contribution in [0.4, 0.5) is 0 Å². The summed E-state index contributed by atoms with van der Waals surface area (Å²) in [5.41, 5.74) is 0.217. The van der Waals surface area contributed by atoms with E-state index in [0.717, 1.165) is 12.7 Å². The molecule has 0 fully saturated rings. The van der Waals surface area contributed by atoms with Crippen molar-refractivity contribution in [2.75, 3.05) is 19.4 Å². The van der Waals surface area contributed by atoms with Gasteiger partial charge >= 0.3 is 0 Å². The van der Waals surface area contributed by atoms with Gasteiger partial charge in [0.15, 0.2) is 9.84 Å². The first kappa shape index (κ1) is 17.1. The quantitative estimate of drug-likeness (QED) is 0.696. The topological polar surface area (TPSA) is 86.6 Å². The molecule has 0 bridgehead atoms. The van der Waals surface area contributed by atoms with Gasteiger partial charge in [0.1, 0.15) is 0 Å². The molecule has 2 unspecified atom stereocenters. The monoisotopic (exact) mass is 301 g/mol. The molecule has 0 aromatic heterocycles. The average molecular weight is 301 g/mol. The largest absolute Gasteiger partial charge is 0.394 e. The lowest BCUT2D eigenvalue weighted by molar-refractivity contribution is 0.126. The highest BCUT2D eigenvalue weighted by atomic mass is 32.2. The molecule has 114 valence electrons. The fourth-order valence-corrected chi connectivity index (χ4v) is 2.32. The van der Waals surface area contributed by atoms with Crippen molar-refractivity contribution in [3.05, 3.63) is 29.8 Å². The molecule has 1 aromatic rings. The predicted molar refractivity (Wildman–Crippen MR) is 78.3 cm³/mol. The summed E-state index contributed by atoms with van der Waals surface area (Å²) in [5.74, 6) is 0. The predicted octanol–water partition coefficient (Wildman–Crippen LogP) is 0.874. The van der Waals surface area contributed by atoms with Gasteiger partial charge in [-0.3, -0.25) is 0 Å². The maximum absolute atomic E-state index is 11.3. The van der Waals surface area contributed by atoms with Crippen molar-refractivity contribution in [1.29, 1.82) is 0 Å². The van der Waals surface area contributed by atoms with Crippen LogP contribution in [0.5, 0.6) is 0 Å². The second kappa shape index (κ2) is 6.67. The Labute approximate surface area is 120 Å². The third kappa shape index (κ3) is 4.56. The number of nitrogens with one attached hydrogen (secondary N) is 1. The van der Waals surface area contributed by atoms with Crippen LogP contribution in [0.25, 0.3) is 0 Å². The molecule has 0 aliphatic rings. The van der Waals surface area contributed by atoms with Crippen LogP contribution in [0.2, 0.25) is 0 Å². The minimum atomic E-state index is -3.22. The zero-order valence-corrected chi connectivity index (χ0v) is 12.9. The molecular formula is C14H23NO4S. The summed E-state index contributed by atoms with van der Waals surface area (Å²) in [6.45, 7) is 4.12. The van der Waals surface area contributed by atoms with Crippen molar-refractivity contribution in [2.24, 2.45) is 0 Å². The Morgan fingerprint density at radius 1 is 1.30 bits per heavy atom. The molecule has 3 N–H and O–H groups in total. The van der Waals surface area contributed by atoms with Crippen LogP contribution >= 0.6 is 0 Å². The zero-order chi connectivity index (χ0) is 15.4. The lowest BCUT2D eigenvalue weighted by Gasteiger charge is -2.28. The van der Waals surface area contributed by atoms with E-state index in [9.17, 15) is 18.6 Å². The SMILES string of the molecule is CCC(C)(CO)NCC(O)c1ccc(S(C)(=O)=O)cc1. The number of benzene rings is 1. The van der Waals surface area contributed by atoms with Crippen LogP contribution in [0.1, 0.15) is 31.9 Å². The van der Waals surface area contributed by atoms with Gasteiger partial charge in [-0.05, 0) is 31.0 Å². The zero-order valence-electron chi connectivity index (χ0n) is 12.1. The van der Waals surface area contributed by atoms with Crippen molar-refractivity contribution in [3.8, 4) is 0 Å². The standard InChI is InChI=1S/C14H23NO4S/c1-4-14(2,10-16)15-9-13(17)11-5-7-12(8-6-11)20(3,18)19/h5-8,13,15-17H,4,9-10H2,1-3H3. The maximum atomic E-state index is 11.3. The van der Waals surface area contributed by atoms with E-state index in [-0.39, 0.29) is 11.5 Å². The van der Waals surface area contributed by atoms with Gasteiger partial charge in [-0.15, -0.1) is 0 Å². The van der Waals surface area contributed by atoms with Crippen molar-refractivity contribution in [1.82, 2.24) is 5.32 Å². The number of β-amino-alcohol motifs (C(OH)–C–C–N with tert-alkyl or cyclic N) is 1. The van der Waals surface area contributed by atoms with Gasteiger partial charge in [0, 0.05) is 18.3 Å². The van der Waals surface area contributed by atoms with Crippen molar-refractivity contribution in [3.63, 3.8) is 0 Å². The highest BCUT2D eigenvalue weighted by molar-refractivity contribution is 7.90. The number of aliphatic hydroxyl groups excluding tert-OH is 2. The summed E-state index contributed by atoms with van der Waals surface area (Å²) in [6, 6.07) is 6.17. The van der Waals surface area contributed by atoms with Crippen molar-refractivity contribution >= 4 is 9.84 Å². The number of hydrogen-bond acceptors (Lipinski definition) is 5. The second-order valence-corrected chi connectivity index (χ2v) is 7.33. The van der Waals surface area contributed by atoms with Crippen LogP contribution in [-0.4, -0.2) is 43.6 Å². The van der Waals surface area contributed by atoms with Crippen LogP contribution in [0.15, 0.2) is 29.2 Å². The first-order valence-electron chi connectivity index (χ1n) is 6.56. The van der Waals surface area contributed by atoms with Gasteiger partial charge in [-0.25, -0.2) is 8.42 Å². The highest BCUT2D eigenvalue weighted by Crippen LogP contribution is 2.17. The molecule has 20 heavy (non-hydrogen) atoms. The van der Waals surface area contributed by atoms with Gasteiger partial charge in [0.25, 0.3) is 0 Å². The fourth-order valence-electron chi connectivity index (χ4n) is 1.69. The molecule has 0 amide bonds. The number of aliphatic hydroxyl groups is 2. The Morgan fingerprint density at radius 2 is 1.85 bits per heavy atom. The van der Waals surface area contributed by atoms with Gasteiger partial charge < -0.3 is 15.5 Å². The Balaban J connectivity index is 2.72. The lowest BCUT2D eigenvalue weighted by atomic mass is 9.99. The Bertz CT molecular complexity index is 521. The van der Waals surface area contributed by atoms with E-state index in [1.54, 1.807) is 12.1 Å². The van der Waals surface area contributed by atoms with Crippen molar-refractivity contribution < 1.29 is 18.6 Å². The number of rotatable bonds is 7. The molecule has 0 spiro atoms. The van der Waals surface area contributed by atoms with E-state index in [1.165, 1.54) is 12.1 Å². The van der Waals surface area contributed by atoms with E-state index in [4.69, 9.17) is 0 Å². The number of sulfone groups is 1. The summed E-state index contributed by atoms with van der Waals surface area (Å²) < 4.78 is 22.7. The molecule has 0 aliphatic heterocycles. The Hall–Kier alpha value is -0.950. The fraction of sp³-hybridized carbons (Fsp3) is 0.571. The van der Waals surface area contributed by atoms with Gasteiger partial charge in [-0.1, -0.05) is 19.1 Å². The van der Waals surface area contributed by atoms with Crippen LogP contribution in [0.3, 0.4) is 0 Å². The summed E-state index contributed by atoms with van der Waals surface area (Å²) in [5, 5.41) is 22.5. The molecule has 1 aromatic carbocycles. The maximum Gasteiger partial charge on any atom is 0.175 e. The Morgan fingerprint density at radius 3 is 2.25 bits per heavy atom.